The zero-order chi connectivity index (χ0) is 22.4. The van der Waals surface area contributed by atoms with Crippen molar-refractivity contribution in [1.29, 1.82) is 0 Å². The Balaban J connectivity index is 2.14. The van der Waals surface area contributed by atoms with Crippen LogP contribution in [0.5, 0.6) is 0 Å². The van der Waals surface area contributed by atoms with Gasteiger partial charge >= 0.3 is 5.97 Å². The molecule has 4 N–H and O–H groups in total. The van der Waals surface area contributed by atoms with Gasteiger partial charge in [0.05, 0.1) is 21.2 Å². The summed E-state index contributed by atoms with van der Waals surface area (Å²) in [6.45, 7) is 0. The summed E-state index contributed by atoms with van der Waals surface area (Å²) in [5, 5.41) is 13.8. The van der Waals surface area contributed by atoms with E-state index in [2.05, 4.69) is 5.10 Å². The normalized spacial score (nSPS) is 17.1. The van der Waals surface area contributed by atoms with Crippen LogP contribution in [0.2, 0.25) is 0 Å². The first-order chi connectivity index (χ1) is 13.8. The summed E-state index contributed by atoms with van der Waals surface area (Å²) in [5.41, 5.74) is 6.14. The second kappa shape index (κ2) is 7.17. The molecule has 0 saturated carbocycles. The van der Waals surface area contributed by atoms with Crippen molar-refractivity contribution in [3.05, 3.63) is 48.0 Å². The number of anilines is 1. The molecule has 1 amide bonds. The molecule has 2 aromatic carbocycles. The molecule has 12 nitrogen and oxygen atoms in total. The van der Waals surface area contributed by atoms with Crippen LogP contribution in [0.4, 0.5) is 11.4 Å². The zero-order valence-corrected chi connectivity index (χ0v) is 16.3. The molecule has 14 heteroatoms. The first-order valence-corrected chi connectivity index (χ1v) is 10.7. The highest BCUT2D eigenvalue weighted by atomic mass is 32.2. The van der Waals surface area contributed by atoms with Crippen LogP contribution in [-0.2, 0) is 29.8 Å². The first-order valence-electron chi connectivity index (χ1n) is 7.87. The number of carboxylic acid groups (broad SMARTS) is 1. The van der Waals surface area contributed by atoms with Crippen molar-refractivity contribution in [3.63, 3.8) is 0 Å². The quantitative estimate of drug-likeness (QED) is 0.542. The van der Waals surface area contributed by atoms with Gasteiger partial charge in [0.15, 0.2) is 5.71 Å². The maximum Gasteiger partial charge on any atom is 0.353 e. The fourth-order valence-electron chi connectivity index (χ4n) is 2.85. The lowest BCUT2D eigenvalue weighted by molar-refractivity contribution is -0.130. The Morgan fingerprint density at radius 1 is 1.00 bits per heavy atom. The molecular formula is C16H12N3O9S2. The lowest BCUT2D eigenvalue weighted by Crippen LogP contribution is -2.29. The Morgan fingerprint density at radius 2 is 1.60 bits per heavy atom. The second-order valence-corrected chi connectivity index (χ2v) is 8.88. The van der Waals surface area contributed by atoms with Gasteiger partial charge in [-0.3, -0.25) is 13.9 Å². The summed E-state index contributed by atoms with van der Waals surface area (Å²) >= 11 is 0. The third-order valence-electron chi connectivity index (χ3n) is 4.13. The Hall–Kier alpha value is -3.33. The lowest BCUT2D eigenvalue weighted by atomic mass is 9.93. The van der Waals surface area contributed by atoms with Crippen molar-refractivity contribution in [1.82, 2.24) is 5.73 Å². The molecule has 3 rings (SSSR count). The van der Waals surface area contributed by atoms with E-state index in [1.165, 1.54) is 0 Å². The number of benzene rings is 2. The molecule has 157 valence electrons. The van der Waals surface area contributed by atoms with Gasteiger partial charge in [-0.05, 0) is 48.0 Å². The van der Waals surface area contributed by atoms with E-state index in [0.29, 0.717) is 5.01 Å². The van der Waals surface area contributed by atoms with Crippen molar-refractivity contribution in [2.45, 2.75) is 15.7 Å². The minimum atomic E-state index is -4.86. The number of aliphatic carboxylic acids is 1. The molecule has 0 spiro atoms. The van der Waals surface area contributed by atoms with E-state index in [9.17, 15) is 36.1 Å². The van der Waals surface area contributed by atoms with Crippen molar-refractivity contribution < 1.29 is 40.6 Å². The van der Waals surface area contributed by atoms with Crippen molar-refractivity contribution in [3.8, 4) is 0 Å². The number of amides is 1. The summed E-state index contributed by atoms with van der Waals surface area (Å²) in [6, 6.07) is 6.90. The number of nitrogens with one attached hydrogen (secondary N) is 1. The number of hydrazone groups is 1. The molecule has 1 atom stereocenters. The fraction of sp³-hybridized carbons (Fsp3) is 0.0625. The van der Waals surface area contributed by atoms with E-state index in [4.69, 9.17) is 10.3 Å². The molecular weight excluding hydrogens is 442 g/mol. The Labute approximate surface area is 169 Å². The first kappa shape index (κ1) is 21.4. The molecule has 2 aromatic rings. The average Bonchev–Trinajstić information content (AvgIpc) is 2.97. The van der Waals surface area contributed by atoms with Crippen LogP contribution in [0.3, 0.4) is 0 Å². The Kier molecular flexibility index (Phi) is 5.11. The number of rotatable bonds is 5. The van der Waals surface area contributed by atoms with E-state index < -0.39 is 59.1 Å². The highest BCUT2D eigenvalue weighted by Crippen LogP contribution is 2.35. The number of hydrogen-bond donors (Lipinski definition) is 3. The topological polar surface area (TPSA) is 203 Å². The largest absolute Gasteiger partial charge is 0.477 e. The van der Waals surface area contributed by atoms with E-state index >= 15 is 0 Å². The van der Waals surface area contributed by atoms with E-state index in [-0.39, 0.29) is 11.4 Å². The number of nitrogens with zero attached hydrogens (tertiary/aromatic N) is 2. The van der Waals surface area contributed by atoms with Crippen LogP contribution >= 0.6 is 0 Å². The minimum Gasteiger partial charge on any atom is -0.477 e. The Bertz CT molecular complexity index is 1300. The van der Waals surface area contributed by atoms with E-state index in [1.807, 2.05) is 0 Å². The van der Waals surface area contributed by atoms with Gasteiger partial charge in [0.25, 0.3) is 26.1 Å². The molecule has 30 heavy (non-hydrogen) atoms. The standard InChI is InChI=1S/C16H12N3O9S2/c17-8-1-6-12(30(26,27)28)11(7-8)13-14(16(21)22)18-19(15(13)20)9-2-4-10(5-3-9)29(23,24)25/h1-7,13,17H,(H,21,22)(H,23,24,25)(H,26,27,28). The van der Waals surface area contributed by atoms with Gasteiger partial charge in [0.1, 0.15) is 5.92 Å². The summed E-state index contributed by atoms with van der Waals surface area (Å²) in [7, 11) is -9.37. The Morgan fingerprint density at radius 3 is 2.10 bits per heavy atom. The van der Waals surface area contributed by atoms with Gasteiger partial charge in [0.2, 0.25) is 0 Å². The summed E-state index contributed by atoms with van der Waals surface area (Å²) in [4.78, 5) is 23.4. The SMILES string of the molecule is [NH]c1ccc(S(=O)(=O)O)c(C2C(=O)N(c3ccc(S(=O)(=O)O)cc3)N=C2C(=O)O)c1. The summed E-state index contributed by atoms with van der Waals surface area (Å²) < 4.78 is 64.1. The number of carbonyl (C=O) groups is 2. The van der Waals surface area contributed by atoms with Crippen molar-refractivity contribution in [2.24, 2.45) is 5.10 Å². The highest BCUT2D eigenvalue weighted by Gasteiger charge is 2.43. The second-order valence-electron chi connectivity index (χ2n) is 6.07. The van der Waals surface area contributed by atoms with Crippen LogP contribution in [0.15, 0.2) is 57.4 Å². The molecule has 1 heterocycles. The third kappa shape index (κ3) is 3.88. The van der Waals surface area contributed by atoms with Gasteiger partial charge in [-0.25, -0.2) is 4.79 Å². The molecule has 0 aromatic heterocycles. The van der Waals surface area contributed by atoms with Gasteiger partial charge in [-0.1, -0.05) is 0 Å². The zero-order valence-electron chi connectivity index (χ0n) is 14.6. The van der Waals surface area contributed by atoms with Crippen LogP contribution < -0.4 is 10.7 Å². The van der Waals surface area contributed by atoms with Gasteiger partial charge in [0, 0.05) is 0 Å². The van der Waals surface area contributed by atoms with Crippen molar-refractivity contribution in [2.75, 3.05) is 5.01 Å². The molecule has 1 aliphatic heterocycles. The van der Waals surface area contributed by atoms with Crippen LogP contribution in [0.1, 0.15) is 11.5 Å². The van der Waals surface area contributed by atoms with Crippen LogP contribution in [0.25, 0.3) is 0 Å². The number of hydrogen-bond acceptors (Lipinski definition) is 7. The molecule has 1 aliphatic rings. The summed E-state index contributed by atoms with van der Waals surface area (Å²) in [6.07, 6.45) is 0. The average molecular weight is 454 g/mol. The molecule has 0 fully saturated rings. The monoisotopic (exact) mass is 454 g/mol. The molecule has 0 aliphatic carbocycles. The molecule has 1 radical (unpaired) electrons. The van der Waals surface area contributed by atoms with Crippen LogP contribution in [-0.4, -0.2) is 48.6 Å². The van der Waals surface area contributed by atoms with E-state index in [0.717, 1.165) is 42.5 Å². The third-order valence-corrected chi connectivity index (χ3v) is 5.93. The molecule has 0 bridgehead atoms. The smallest absolute Gasteiger partial charge is 0.353 e. The number of carboxylic acids is 1. The maximum atomic E-state index is 12.9. The van der Waals surface area contributed by atoms with E-state index in [1.54, 1.807) is 0 Å². The predicted molar refractivity (Wildman–Crippen MR) is 101 cm³/mol. The fourth-order valence-corrected chi connectivity index (χ4v) is 4.05. The van der Waals surface area contributed by atoms with Gasteiger partial charge < -0.3 is 10.8 Å². The summed E-state index contributed by atoms with van der Waals surface area (Å²) in [5.74, 6) is -4.42. The van der Waals surface area contributed by atoms with Crippen molar-refractivity contribution >= 4 is 49.2 Å². The molecule has 1 unspecified atom stereocenters. The highest BCUT2D eigenvalue weighted by molar-refractivity contribution is 7.86. The molecule has 0 saturated heterocycles. The lowest BCUT2D eigenvalue weighted by Gasteiger charge is -2.16. The maximum absolute atomic E-state index is 12.9. The number of carbonyl (C=O) groups excluding carboxylic acids is 1. The van der Waals surface area contributed by atoms with Crippen LogP contribution in [0, 0.1) is 0 Å². The van der Waals surface area contributed by atoms with Gasteiger partial charge in [-0.15, -0.1) is 0 Å². The predicted octanol–water partition coefficient (Wildman–Crippen LogP) is 0.665. The van der Waals surface area contributed by atoms with Gasteiger partial charge in [-0.2, -0.15) is 26.9 Å². The minimum absolute atomic E-state index is 0.0657.